The molecule has 1 fully saturated rings. The molecule has 0 bridgehead atoms. The van der Waals surface area contributed by atoms with Gasteiger partial charge in [-0.3, -0.25) is 9.63 Å². The molecule has 23 heavy (non-hydrogen) atoms. The Morgan fingerprint density at radius 3 is 2.26 bits per heavy atom. The van der Waals surface area contributed by atoms with Gasteiger partial charge in [0, 0.05) is 18.0 Å². The molecule has 2 rings (SSSR count). The third-order valence-electron chi connectivity index (χ3n) is 4.40. The van der Waals surface area contributed by atoms with E-state index in [4.69, 9.17) is 4.84 Å². The lowest BCUT2D eigenvalue weighted by Gasteiger charge is -2.36. The first-order chi connectivity index (χ1) is 10.9. The molecule has 0 saturated carbocycles. The molecule has 0 aliphatic carbocycles. The summed E-state index contributed by atoms with van der Waals surface area (Å²) in [6.45, 7) is 9.95. The highest BCUT2D eigenvalue weighted by molar-refractivity contribution is 5.86. The van der Waals surface area contributed by atoms with Gasteiger partial charge in [0.15, 0.2) is 0 Å². The van der Waals surface area contributed by atoms with Gasteiger partial charge in [-0.1, -0.05) is 25.1 Å². The van der Waals surface area contributed by atoms with Gasteiger partial charge in [-0.15, -0.1) is 0 Å². The number of aliphatic hydroxyl groups is 1. The molecular formula is C18H28N2O3. The minimum atomic E-state index is -0.431. The number of nitrogens with zero attached hydrogens (tertiary/aromatic N) is 2. The van der Waals surface area contributed by atoms with Crippen molar-refractivity contribution in [3.63, 3.8) is 0 Å². The van der Waals surface area contributed by atoms with Gasteiger partial charge in [0.1, 0.15) is 12.1 Å². The molecule has 5 heteroatoms. The smallest absolute Gasteiger partial charge is 0.248 e. The standard InChI is InChI=1S/C18H28N2O3/c1-12(2)19(13(3)4)18(22)17-14(5)16(11-21)23-20(17)15-9-7-6-8-10-15/h6-10,12-14,16-17,21H,11H2,1-5H3/t14-,16-,17-/m0/s1. The van der Waals surface area contributed by atoms with Gasteiger partial charge < -0.3 is 10.0 Å². The number of hydroxylamine groups is 1. The first-order valence-electron chi connectivity index (χ1n) is 8.32. The van der Waals surface area contributed by atoms with Crippen molar-refractivity contribution in [1.82, 2.24) is 4.90 Å². The lowest BCUT2D eigenvalue weighted by Crippen LogP contribution is -2.52. The second-order valence-electron chi connectivity index (χ2n) is 6.72. The number of aliphatic hydroxyl groups excluding tert-OH is 1. The second-order valence-corrected chi connectivity index (χ2v) is 6.72. The van der Waals surface area contributed by atoms with E-state index in [1.165, 1.54) is 0 Å². The van der Waals surface area contributed by atoms with Crippen LogP contribution >= 0.6 is 0 Å². The number of anilines is 1. The second kappa shape index (κ2) is 7.32. The van der Waals surface area contributed by atoms with Crippen molar-refractivity contribution in [3.05, 3.63) is 30.3 Å². The number of carbonyl (C=O) groups is 1. The fourth-order valence-electron chi connectivity index (χ4n) is 3.30. The van der Waals surface area contributed by atoms with E-state index in [0.29, 0.717) is 0 Å². The van der Waals surface area contributed by atoms with Crippen LogP contribution in [0.25, 0.3) is 0 Å². The van der Waals surface area contributed by atoms with Crippen molar-refractivity contribution in [3.8, 4) is 0 Å². The molecular weight excluding hydrogens is 292 g/mol. The van der Waals surface area contributed by atoms with Crippen LogP contribution in [0.5, 0.6) is 0 Å². The largest absolute Gasteiger partial charge is 0.394 e. The summed E-state index contributed by atoms with van der Waals surface area (Å²) in [6.07, 6.45) is -0.370. The highest BCUT2D eigenvalue weighted by Crippen LogP contribution is 2.33. The molecule has 0 radical (unpaired) electrons. The predicted octanol–water partition coefficient (Wildman–Crippen LogP) is 2.45. The average molecular weight is 320 g/mol. The summed E-state index contributed by atoms with van der Waals surface area (Å²) in [5.74, 6) is -0.0463. The monoisotopic (exact) mass is 320 g/mol. The Morgan fingerprint density at radius 2 is 1.78 bits per heavy atom. The van der Waals surface area contributed by atoms with E-state index >= 15 is 0 Å². The number of para-hydroxylation sites is 1. The Balaban J connectivity index is 2.36. The van der Waals surface area contributed by atoms with Crippen LogP contribution in [0.15, 0.2) is 30.3 Å². The number of benzene rings is 1. The summed E-state index contributed by atoms with van der Waals surface area (Å²) in [5.41, 5.74) is 0.834. The van der Waals surface area contributed by atoms with E-state index in [1.54, 1.807) is 5.06 Å². The van der Waals surface area contributed by atoms with Crippen molar-refractivity contribution in [2.45, 2.75) is 58.8 Å². The number of hydrogen-bond donors (Lipinski definition) is 1. The van der Waals surface area contributed by atoms with E-state index in [9.17, 15) is 9.90 Å². The molecule has 0 spiro atoms. The molecule has 1 heterocycles. The number of rotatable bonds is 5. The van der Waals surface area contributed by atoms with Crippen LogP contribution < -0.4 is 5.06 Å². The fraction of sp³-hybridized carbons (Fsp3) is 0.611. The maximum atomic E-state index is 13.2. The van der Waals surface area contributed by atoms with E-state index in [2.05, 4.69) is 0 Å². The van der Waals surface area contributed by atoms with Crippen LogP contribution in [-0.4, -0.2) is 46.7 Å². The summed E-state index contributed by atoms with van der Waals surface area (Å²) in [4.78, 5) is 21.0. The molecule has 1 aliphatic rings. The molecule has 1 amide bonds. The van der Waals surface area contributed by atoms with Gasteiger partial charge in [-0.2, -0.15) is 0 Å². The van der Waals surface area contributed by atoms with E-state index < -0.39 is 6.04 Å². The lowest BCUT2D eigenvalue weighted by molar-refractivity contribution is -0.137. The van der Waals surface area contributed by atoms with Gasteiger partial charge in [-0.25, -0.2) is 5.06 Å². The maximum Gasteiger partial charge on any atom is 0.248 e. The van der Waals surface area contributed by atoms with Crippen molar-refractivity contribution >= 4 is 11.6 Å². The molecule has 1 saturated heterocycles. The first kappa shape index (κ1) is 17.8. The van der Waals surface area contributed by atoms with Crippen molar-refractivity contribution in [1.29, 1.82) is 0 Å². The summed E-state index contributed by atoms with van der Waals surface area (Å²) in [7, 11) is 0. The van der Waals surface area contributed by atoms with E-state index in [0.717, 1.165) is 5.69 Å². The van der Waals surface area contributed by atoms with Crippen LogP contribution in [0.3, 0.4) is 0 Å². The Hall–Kier alpha value is -1.59. The van der Waals surface area contributed by atoms with Crippen molar-refractivity contribution < 1.29 is 14.7 Å². The van der Waals surface area contributed by atoms with E-state index in [1.807, 2.05) is 69.9 Å². The molecule has 5 nitrogen and oxygen atoms in total. The van der Waals surface area contributed by atoms with Gasteiger partial charge in [0.2, 0.25) is 5.91 Å². The first-order valence-corrected chi connectivity index (χ1v) is 8.32. The zero-order valence-corrected chi connectivity index (χ0v) is 14.6. The Morgan fingerprint density at radius 1 is 1.22 bits per heavy atom. The quantitative estimate of drug-likeness (QED) is 0.905. The highest BCUT2D eigenvalue weighted by Gasteiger charge is 2.47. The minimum Gasteiger partial charge on any atom is -0.394 e. The minimum absolute atomic E-state index is 0.0438. The molecule has 1 aromatic carbocycles. The van der Waals surface area contributed by atoms with E-state index in [-0.39, 0.29) is 36.6 Å². The molecule has 0 unspecified atom stereocenters. The molecule has 3 atom stereocenters. The predicted molar refractivity (Wildman–Crippen MR) is 90.9 cm³/mol. The zero-order valence-electron chi connectivity index (χ0n) is 14.6. The summed E-state index contributed by atoms with van der Waals surface area (Å²) in [5, 5.41) is 11.3. The lowest BCUT2D eigenvalue weighted by atomic mass is 9.95. The van der Waals surface area contributed by atoms with Gasteiger partial charge in [0.05, 0.1) is 12.3 Å². The van der Waals surface area contributed by atoms with Crippen LogP contribution in [0, 0.1) is 5.92 Å². The van der Waals surface area contributed by atoms with Gasteiger partial charge in [-0.05, 0) is 39.8 Å². The summed E-state index contributed by atoms with van der Waals surface area (Å²) >= 11 is 0. The average Bonchev–Trinajstić information content (AvgIpc) is 2.84. The van der Waals surface area contributed by atoms with Crippen LogP contribution in [0.1, 0.15) is 34.6 Å². The van der Waals surface area contributed by atoms with Crippen molar-refractivity contribution in [2.75, 3.05) is 11.7 Å². The molecule has 0 aromatic heterocycles. The van der Waals surface area contributed by atoms with Crippen LogP contribution in [0.4, 0.5) is 5.69 Å². The Bertz CT molecular complexity index is 510. The third kappa shape index (κ3) is 3.51. The topological polar surface area (TPSA) is 53.0 Å². The van der Waals surface area contributed by atoms with Crippen LogP contribution in [-0.2, 0) is 9.63 Å². The summed E-state index contributed by atoms with van der Waals surface area (Å²) in [6, 6.07) is 9.39. The van der Waals surface area contributed by atoms with Crippen molar-refractivity contribution in [2.24, 2.45) is 5.92 Å². The SMILES string of the molecule is CC(C)N(C(=O)[C@@H]1[C@@H](C)[C@H](CO)ON1c1ccccc1)C(C)C. The number of carbonyl (C=O) groups excluding carboxylic acids is 1. The molecule has 1 N–H and O–H groups in total. The molecule has 1 aliphatic heterocycles. The highest BCUT2D eigenvalue weighted by atomic mass is 16.7. The van der Waals surface area contributed by atoms with Gasteiger partial charge >= 0.3 is 0 Å². The zero-order chi connectivity index (χ0) is 17.1. The maximum absolute atomic E-state index is 13.2. The normalized spacial score (nSPS) is 24.5. The molecule has 1 aromatic rings. The number of hydrogen-bond acceptors (Lipinski definition) is 4. The fourth-order valence-corrected chi connectivity index (χ4v) is 3.30. The Labute approximate surface area is 138 Å². The molecule has 128 valence electrons. The Kier molecular flexibility index (Phi) is 5.65. The van der Waals surface area contributed by atoms with Gasteiger partial charge in [0.25, 0.3) is 0 Å². The number of amides is 1. The van der Waals surface area contributed by atoms with Crippen LogP contribution in [0.2, 0.25) is 0 Å². The third-order valence-corrected chi connectivity index (χ3v) is 4.40. The summed E-state index contributed by atoms with van der Waals surface area (Å²) < 4.78 is 0.